The normalized spacial score (nSPS) is 9.93. The van der Waals surface area contributed by atoms with Crippen molar-refractivity contribution in [2.75, 3.05) is 5.32 Å². The minimum Gasteiger partial charge on any atom is -0.304 e. The summed E-state index contributed by atoms with van der Waals surface area (Å²) in [6, 6.07) is 4.90. The molecule has 1 amide bonds. The van der Waals surface area contributed by atoms with E-state index in [2.05, 4.69) is 20.5 Å². The average molecular weight is 223 g/mol. The van der Waals surface area contributed by atoms with Crippen LogP contribution in [0.5, 0.6) is 0 Å². The molecule has 0 aliphatic rings. The lowest BCUT2D eigenvalue weighted by molar-refractivity contribution is 0.102. The number of pyridine rings is 1. The van der Waals surface area contributed by atoms with E-state index in [4.69, 9.17) is 11.6 Å². The first kappa shape index (κ1) is 9.67. The van der Waals surface area contributed by atoms with Crippen molar-refractivity contribution in [3.05, 3.63) is 41.3 Å². The molecule has 0 spiro atoms. The molecule has 0 atom stereocenters. The molecular formula is C9H7ClN4O. The third kappa shape index (κ3) is 2.13. The van der Waals surface area contributed by atoms with Gasteiger partial charge >= 0.3 is 0 Å². The van der Waals surface area contributed by atoms with Crippen molar-refractivity contribution in [3.63, 3.8) is 0 Å². The first-order chi connectivity index (χ1) is 7.27. The molecule has 0 aromatic carbocycles. The molecule has 2 aromatic rings. The lowest BCUT2D eigenvalue weighted by atomic mass is 10.4. The number of rotatable bonds is 2. The van der Waals surface area contributed by atoms with E-state index in [9.17, 15) is 4.79 Å². The Morgan fingerprint density at radius 1 is 1.40 bits per heavy atom. The Morgan fingerprint density at radius 2 is 2.27 bits per heavy atom. The molecule has 2 heterocycles. The van der Waals surface area contributed by atoms with E-state index >= 15 is 0 Å². The Bertz CT molecular complexity index is 469. The molecule has 0 saturated carbocycles. The van der Waals surface area contributed by atoms with Crippen LogP contribution < -0.4 is 5.32 Å². The fraction of sp³-hybridized carbons (Fsp3) is 0. The number of H-pyrrole nitrogens is 1. The van der Waals surface area contributed by atoms with Gasteiger partial charge in [0.25, 0.3) is 5.91 Å². The van der Waals surface area contributed by atoms with Crippen LogP contribution in [0.4, 0.5) is 5.82 Å². The van der Waals surface area contributed by atoms with Crippen LogP contribution in [0.1, 0.15) is 10.5 Å². The summed E-state index contributed by atoms with van der Waals surface area (Å²) < 4.78 is 0. The van der Waals surface area contributed by atoms with E-state index in [1.807, 2.05) is 0 Å². The second-order valence-electron chi connectivity index (χ2n) is 2.76. The van der Waals surface area contributed by atoms with Crippen LogP contribution in [-0.2, 0) is 0 Å². The number of amides is 1. The smallest absolute Gasteiger partial charge is 0.274 e. The third-order valence-electron chi connectivity index (χ3n) is 1.74. The summed E-state index contributed by atoms with van der Waals surface area (Å²) in [6.45, 7) is 0. The summed E-state index contributed by atoms with van der Waals surface area (Å²) >= 11 is 5.83. The van der Waals surface area contributed by atoms with E-state index in [1.165, 1.54) is 6.20 Å². The van der Waals surface area contributed by atoms with Crippen molar-refractivity contribution in [2.45, 2.75) is 0 Å². The molecule has 0 radical (unpaired) electrons. The maximum absolute atomic E-state index is 11.5. The van der Waals surface area contributed by atoms with Crippen LogP contribution in [0.2, 0.25) is 5.02 Å². The summed E-state index contributed by atoms with van der Waals surface area (Å²) in [6.07, 6.45) is 3.05. The van der Waals surface area contributed by atoms with Crippen LogP contribution >= 0.6 is 11.6 Å². The molecule has 0 fully saturated rings. The number of hydrogen-bond acceptors (Lipinski definition) is 3. The number of carbonyl (C=O) groups excluding carboxylic acids is 1. The van der Waals surface area contributed by atoms with E-state index in [1.54, 1.807) is 24.4 Å². The summed E-state index contributed by atoms with van der Waals surface area (Å²) in [5.74, 6) is 0.00636. The highest BCUT2D eigenvalue weighted by Gasteiger charge is 2.09. The van der Waals surface area contributed by atoms with Gasteiger partial charge in [0.05, 0.1) is 5.02 Å². The van der Waals surface area contributed by atoms with E-state index in [0.29, 0.717) is 16.5 Å². The molecule has 0 aliphatic heterocycles. The summed E-state index contributed by atoms with van der Waals surface area (Å²) in [5.41, 5.74) is 0.358. The minimum absolute atomic E-state index is 0.326. The Morgan fingerprint density at radius 3 is 2.93 bits per heavy atom. The molecule has 2 rings (SSSR count). The molecule has 0 aliphatic carbocycles. The molecule has 76 valence electrons. The van der Waals surface area contributed by atoms with Crippen LogP contribution in [0, 0.1) is 0 Å². The topological polar surface area (TPSA) is 70.7 Å². The van der Waals surface area contributed by atoms with Gasteiger partial charge in [-0.15, -0.1) is 0 Å². The molecule has 5 nitrogen and oxygen atoms in total. The molecule has 15 heavy (non-hydrogen) atoms. The van der Waals surface area contributed by atoms with Crippen LogP contribution in [0.15, 0.2) is 30.6 Å². The van der Waals surface area contributed by atoms with Gasteiger partial charge in [-0.1, -0.05) is 11.6 Å². The Hall–Kier alpha value is -1.88. The number of hydrogen-bond donors (Lipinski definition) is 2. The van der Waals surface area contributed by atoms with Crippen molar-refractivity contribution < 1.29 is 4.79 Å². The molecular weight excluding hydrogens is 216 g/mol. The zero-order chi connectivity index (χ0) is 10.7. The largest absolute Gasteiger partial charge is 0.304 e. The van der Waals surface area contributed by atoms with Gasteiger partial charge < -0.3 is 5.32 Å². The maximum atomic E-state index is 11.5. The lowest BCUT2D eigenvalue weighted by Crippen LogP contribution is -2.13. The molecule has 6 heteroatoms. The van der Waals surface area contributed by atoms with Gasteiger partial charge in [0.2, 0.25) is 0 Å². The third-order valence-corrected chi connectivity index (χ3v) is 2.04. The zero-order valence-electron chi connectivity index (χ0n) is 7.57. The Balaban J connectivity index is 2.17. The number of aromatic nitrogens is 3. The number of aromatic amines is 1. The van der Waals surface area contributed by atoms with Crippen molar-refractivity contribution in [1.82, 2.24) is 15.2 Å². The second kappa shape index (κ2) is 4.10. The van der Waals surface area contributed by atoms with Crippen molar-refractivity contribution in [3.8, 4) is 0 Å². The second-order valence-corrected chi connectivity index (χ2v) is 3.17. The summed E-state index contributed by atoms with van der Waals surface area (Å²) in [5, 5.41) is 9.17. The van der Waals surface area contributed by atoms with Gasteiger partial charge in [-0.05, 0) is 18.2 Å². The first-order valence-electron chi connectivity index (χ1n) is 4.18. The van der Waals surface area contributed by atoms with Crippen LogP contribution in [0.3, 0.4) is 0 Å². The van der Waals surface area contributed by atoms with Crippen molar-refractivity contribution >= 4 is 23.3 Å². The van der Waals surface area contributed by atoms with Crippen molar-refractivity contribution in [1.29, 1.82) is 0 Å². The minimum atomic E-state index is -0.326. The van der Waals surface area contributed by atoms with Gasteiger partial charge in [0, 0.05) is 12.4 Å². The average Bonchev–Trinajstić information content (AvgIpc) is 2.74. The predicted octanol–water partition coefficient (Wildman–Crippen LogP) is 1.71. The van der Waals surface area contributed by atoms with Gasteiger partial charge in [-0.3, -0.25) is 9.89 Å². The SMILES string of the molecule is O=C(Nc1ncccc1Cl)c1ccn[nH]1. The van der Waals surface area contributed by atoms with Crippen LogP contribution in [0.25, 0.3) is 0 Å². The Labute approximate surface area is 90.5 Å². The summed E-state index contributed by atoms with van der Waals surface area (Å²) in [4.78, 5) is 15.5. The quantitative estimate of drug-likeness (QED) is 0.813. The summed E-state index contributed by atoms with van der Waals surface area (Å²) in [7, 11) is 0. The maximum Gasteiger partial charge on any atom is 0.274 e. The standard InChI is InChI=1S/C9H7ClN4O/c10-6-2-1-4-11-8(6)13-9(15)7-3-5-12-14-7/h1-5H,(H,12,14)(H,11,13,15). The number of anilines is 1. The van der Waals surface area contributed by atoms with Gasteiger partial charge in [0.1, 0.15) is 5.69 Å². The molecule has 0 saturated heterocycles. The fourth-order valence-corrected chi connectivity index (χ4v) is 1.20. The number of carbonyl (C=O) groups is 1. The fourth-order valence-electron chi connectivity index (χ4n) is 1.03. The predicted molar refractivity (Wildman–Crippen MR) is 55.8 cm³/mol. The number of nitrogens with zero attached hydrogens (tertiary/aromatic N) is 2. The monoisotopic (exact) mass is 222 g/mol. The highest BCUT2D eigenvalue weighted by atomic mass is 35.5. The molecule has 0 unspecified atom stereocenters. The number of halogens is 1. The molecule has 0 bridgehead atoms. The zero-order valence-corrected chi connectivity index (χ0v) is 8.32. The van der Waals surface area contributed by atoms with E-state index < -0.39 is 0 Å². The van der Waals surface area contributed by atoms with E-state index in [0.717, 1.165) is 0 Å². The van der Waals surface area contributed by atoms with E-state index in [-0.39, 0.29) is 5.91 Å². The Kier molecular flexibility index (Phi) is 2.64. The highest BCUT2D eigenvalue weighted by molar-refractivity contribution is 6.33. The number of nitrogens with one attached hydrogen (secondary N) is 2. The molecule has 2 aromatic heterocycles. The van der Waals surface area contributed by atoms with Gasteiger partial charge in [0.15, 0.2) is 5.82 Å². The highest BCUT2D eigenvalue weighted by Crippen LogP contribution is 2.17. The van der Waals surface area contributed by atoms with Gasteiger partial charge in [-0.2, -0.15) is 5.10 Å². The lowest BCUT2D eigenvalue weighted by Gasteiger charge is -2.03. The van der Waals surface area contributed by atoms with Gasteiger partial charge in [-0.25, -0.2) is 4.98 Å². The van der Waals surface area contributed by atoms with Crippen LogP contribution in [-0.4, -0.2) is 21.1 Å². The first-order valence-corrected chi connectivity index (χ1v) is 4.56. The molecule has 2 N–H and O–H groups in total. The van der Waals surface area contributed by atoms with Crippen molar-refractivity contribution in [2.24, 2.45) is 0 Å².